The van der Waals surface area contributed by atoms with Crippen molar-refractivity contribution in [1.29, 1.82) is 0 Å². The van der Waals surface area contributed by atoms with E-state index in [2.05, 4.69) is 48.5 Å². The molecule has 0 bridgehead atoms. The van der Waals surface area contributed by atoms with E-state index >= 15 is 0 Å². The Bertz CT molecular complexity index is 909. The van der Waals surface area contributed by atoms with Crippen molar-refractivity contribution in [3.63, 3.8) is 0 Å². The highest BCUT2D eigenvalue weighted by atomic mass is 16.3. The van der Waals surface area contributed by atoms with Gasteiger partial charge >= 0.3 is 0 Å². The zero-order valence-corrected chi connectivity index (χ0v) is 16.6. The molecule has 2 aliphatic carbocycles. The molecule has 1 fully saturated rings. The fourth-order valence-corrected chi connectivity index (χ4v) is 5.06. The van der Waals surface area contributed by atoms with Crippen LogP contribution in [0.3, 0.4) is 0 Å². The Morgan fingerprint density at radius 3 is 2.89 bits per heavy atom. The van der Waals surface area contributed by atoms with Gasteiger partial charge in [0.15, 0.2) is 0 Å². The van der Waals surface area contributed by atoms with Crippen LogP contribution in [0.25, 0.3) is 0 Å². The summed E-state index contributed by atoms with van der Waals surface area (Å²) >= 11 is 0. The van der Waals surface area contributed by atoms with Gasteiger partial charge in [-0.05, 0) is 48.6 Å². The maximum atomic E-state index is 11.4. The highest BCUT2D eigenvalue weighted by Gasteiger charge is 2.47. The third-order valence-corrected chi connectivity index (χ3v) is 6.51. The number of benzene rings is 1. The van der Waals surface area contributed by atoms with Gasteiger partial charge in [0.05, 0.1) is 5.76 Å². The standard InChI is InChI=1S/C23H28N2O2/c1-14-11-17-9-10-25(4)20-8-5-16-12-18(24-15(2)26)6-7-19(16)22(20)23(17,3)13-21(14)27/h6-8,11-12,22,27H,5,9-10,13H2,1-4H3,(H,24,26)/t22-,23?/m0/s1. The van der Waals surface area contributed by atoms with Gasteiger partial charge in [-0.3, -0.25) is 4.79 Å². The number of hydrogen-bond acceptors (Lipinski definition) is 3. The number of likely N-dealkylation sites (N-methyl/N-ethyl adjacent to an activating group) is 1. The Balaban J connectivity index is 1.85. The first-order valence-electron chi connectivity index (χ1n) is 9.71. The second-order valence-corrected chi connectivity index (χ2v) is 8.43. The Morgan fingerprint density at radius 2 is 2.15 bits per heavy atom. The number of nitrogens with zero attached hydrogens (tertiary/aromatic N) is 1. The van der Waals surface area contributed by atoms with Crippen molar-refractivity contribution in [3.05, 3.63) is 64.1 Å². The number of aliphatic hydroxyl groups excluding tert-OH is 1. The number of rotatable bonds is 1. The predicted octanol–water partition coefficient (Wildman–Crippen LogP) is 4.67. The Kier molecular flexibility index (Phi) is 4.17. The molecule has 0 radical (unpaired) electrons. The summed E-state index contributed by atoms with van der Waals surface area (Å²) in [5.74, 6) is 0.667. The van der Waals surface area contributed by atoms with Crippen molar-refractivity contribution in [2.24, 2.45) is 5.41 Å². The number of aliphatic hydroxyl groups is 1. The zero-order valence-electron chi connectivity index (χ0n) is 16.6. The lowest BCUT2D eigenvalue weighted by Gasteiger charge is -2.44. The molecule has 1 heterocycles. The van der Waals surface area contributed by atoms with Crippen molar-refractivity contribution in [2.75, 3.05) is 18.9 Å². The Morgan fingerprint density at radius 1 is 1.37 bits per heavy atom. The van der Waals surface area contributed by atoms with Gasteiger partial charge in [-0.1, -0.05) is 30.7 Å². The molecule has 4 nitrogen and oxygen atoms in total. The molecular formula is C23H28N2O2. The Labute approximate surface area is 161 Å². The number of anilines is 1. The number of amides is 1. The van der Waals surface area contributed by atoms with Crippen LogP contribution in [0.4, 0.5) is 5.69 Å². The highest BCUT2D eigenvalue weighted by Crippen LogP contribution is 2.57. The SMILES string of the molecule is CC(=O)Nc1ccc2c(c1)CC=C1[C@H]2C2(C)CC(O)=C(C)C=C2CCN1C. The van der Waals surface area contributed by atoms with Gasteiger partial charge in [0.2, 0.25) is 5.91 Å². The summed E-state index contributed by atoms with van der Waals surface area (Å²) in [4.78, 5) is 13.8. The number of likely N-dealkylation sites (tertiary alicyclic amines) is 1. The van der Waals surface area contributed by atoms with Gasteiger partial charge in [-0.15, -0.1) is 0 Å². The van der Waals surface area contributed by atoms with Crippen LogP contribution < -0.4 is 5.32 Å². The van der Waals surface area contributed by atoms with E-state index in [1.807, 2.05) is 13.0 Å². The van der Waals surface area contributed by atoms with Crippen molar-refractivity contribution in [2.45, 2.75) is 46.0 Å². The quantitative estimate of drug-likeness (QED) is 0.761. The minimum absolute atomic E-state index is 0.0498. The van der Waals surface area contributed by atoms with Crippen molar-refractivity contribution in [1.82, 2.24) is 4.90 Å². The average molecular weight is 364 g/mol. The highest BCUT2D eigenvalue weighted by molar-refractivity contribution is 5.88. The van der Waals surface area contributed by atoms with Crippen LogP contribution >= 0.6 is 0 Å². The van der Waals surface area contributed by atoms with Gasteiger partial charge in [0.25, 0.3) is 0 Å². The molecule has 142 valence electrons. The fraction of sp³-hybridized carbons (Fsp3) is 0.435. The molecule has 1 unspecified atom stereocenters. The largest absolute Gasteiger partial charge is 0.512 e. The molecule has 1 amide bonds. The van der Waals surface area contributed by atoms with Crippen LogP contribution in [0.1, 0.15) is 50.7 Å². The van der Waals surface area contributed by atoms with Crippen LogP contribution in [-0.4, -0.2) is 29.5 Å². The van der Waals surface area contributed by atoms with Crippen LogP contribution in [0, 0.1) is 5.41 Å². The maximum Gasteiger partial charge on any atom is 0.221 e. The van der Waals surface area contributed by atoms with Gasteiger partial charge in [0.1, 0.15) is 0 Å². The maximum absolute atomic E-state index is 11.4. The van der Waals surface area contributed by atoms with E-state index in [0.29, 0.717) is 12.2 Å². The first-order valence-corrected chi connectivity index (χ1v) is 9.71. The van der Waals surface area contributed by atoms with Crippen molar-refractivity contribution < 1.29 is 9.90 Å². The van der Waals surface area contributed by atoms with Gasteiger partial charge in [-0.2, -0.15) is 0 Å². The number of hydrogen-bond donors (Lipinski definition) is 2. The van der Waals surface area contributed by atoms with Gasteiger partial charge < -0.3 is 15.3 Å². The topological polar surface area (TPSA) is 52.6 Å². The summed E-state index contributed by atoms with van der Waals surface area (Å²) < 4.78 is 0. The first-order chi connectivity index (χ1) is 12.8. The van der Waals surface area contributed by atoms with E-state index < -0.39 is 0 Å². The number of carbonyl (C=O) groups excluding carboxylic acids is 1. The van der Waals surface area contributed by atoms with Gasteiger partial charge in [-0.25, -0.2) is 0 Å². The minimum Gasteiger partial charge on any atom is -0.512 e. The van der Waals surface area contributed by atoms with Crippen LogP contribution in [0.5, 0.6) is 0 Å². The molecule has 2 N–H and O–H groups in total. The molecule has 0 saturated carbocycles. The summed E-state index contributed by atoms with van der Waals surface area (Å²) in [5, 5.41) is 13.5. The molecule has 4 rings (SSSR count). The third-order valence-electron chi connectivity index (χ3n) is 6.51. The molecule has 1 aromatic carbocycles. The van der Waals surface area contributed by atoms with E-state index in [4.69, 9.17) is 0 Å². The zero-order chi connectivity index (χ0) is 19.3. The summed E-state index contributed by atoms with van der Waals surface area (Å²) in [7, 11) is 2.18. The molecule has 3 aliphatic rings. The number of nitrogens with one attached hydrogen (secondary N) is 1. The third kappa shape index (κ3) is 2.88. The van der Waals surface area contributed by atoms with E-state index in [0.717, 1.165) is 30.6 Å². The molecule has 1 saturated heterocycles. The molecular weight excluding hydrogens is 336 g/mol. The summed E-state index contributed by atoms with van der Waals surface area (Å²) in [5.41, 5.74) is 7.07. The van der Waals surface area contributed by atoms with Crippen LogP contribution in [0.2, 0.25) is 0 Å². The van der Waals surface area contributed by atoms with E-state index in [1.165, 1.54) is 29.3 Å². The molecule has 0 aromatic heterocycles. The van der Waals surface area contributed by atoms with Crippen LogP contribution in [-0.2, 0) is 11.2 Å². The van der Waals surface area contributed by atoms with E-state index in [1.54, 1.807) is 0 Å². The lowest BCUT2D eigenvalue weighted by molar-refractivity contribution is -0.114. The Hall–Kier alpha value is -2.49. The minimum atomic E-state index is -0.134. The van der Waals surface area contributed by atoms with E-state index in [-0.39, 0.29) is 17.2 Å². The van der Waals surface area contributed by atoms with Crippen molar-refractivity contribution >= 4 is 11.6 Å². The molecule has 0 spiro atoms. The van der Waals surface area contributed by atoms with E-state index in [9.17, 15) is 9.90 Å². The van der Waals surface area contributed by atoms with Crippen molar-refractivity contribution in [3.8, 4) is 0 Å². The van der Waals surface area contributed by atoms with Crippen LogP contribution in [0.15, 0.2) is 53.0 Å². The monoisotopic (exact) mass is 364 g/mol. The molecule has 4 heteroatoms. The average Bonchev–Trinajstić information content (AvgIpc) is 2.71. The normalized spacial score (nSPS) is 27.0. The first kappa shape index (κ1) is 17.9. The summed E-state index contributed by atoms with van der Waals surface area (Å²) in [6, 6.07) is 6.28. The second kappa shape index (κ2) is 6.29. The number of fused-ring (bicyclic) bond motifs is 5. The molecule has 1 aliphatic heterocycles. The summed E-state index contributed by atoms with van der Waals surface area (Å²) in [6.45, 7) is 6.84. The smallest absolute Gasteiger partial charge is 0.221 e. The fourth-order valence-electron chi connectivity index (χ4n) is 5.06. The second-order valence-electron chi connectivity index (χ2n) is 8.43. The van der Waals surface area contributed by atoms with Gasteiger partial charge in [0, 0.05) is 49.7 Å². The number of carbonyl (C=O) groups is 1. The molecule has 27 heavy (non-hydrogen) atoms. The predicted molar refractivity (Wildman–Crippen MR) is 109 cm³/mol. The number of allylic oxidation sites excluding steroid dienone is 5. The lowest BCUT2D eigenvalue weighted by Crippen LogP contribution is -2.35. The summed E-state index contributed by atoms with van der Waals surface area (Å²) in [6.07, 6.45) is 7.10. The molecule has 2 atom stereocenters. The molecule has 1 aromatic rings. The lowest BCUT2D eigenvalue weighted by atomic mass is 9.61.